The van der Waals surface area contributed by atoms with E-state index in [2.05, 4.69) is 4.98 Å². The maximum absolute atomic E-state index is 12.4. The number of nitrogens with zero attached hydrogens (tertiary/aromatic N) is 3. The number of esters is 1. The Bertz CT molecular complexity index is 1240. The van der Waals surface area contributed by atoms with Gasteiger partial charge in [-0.2, -0.15) is 0 Å². The normalized spacial score (nSPS) is 11.0. The van der Waals surface area contributed by atoms with E-state index in [0.717, 1.165) is 21.8 Å². The summed E-state index contributed by atoms with van der Waals surface area (Å²) in [5, 5.41) is 2.67. The van der Waals surface area contributed by atoms with Gasteiger partial charge in [0.1, 0.15) is 23.9 Å². The summed E-state index contributed by atoms with van der Waals surface area (Å²) in [4.78, 5) is 29.2. The van der Waals surface area contributed by atoms with E-state index >= 15 is 0 Å². The summed E-state index contributed by atoms with van der Waals surface area (Å²) < 4.78 is 13.5. The summed E-state index contributed by atoms with van der Waals surface area (Å²) in [6, 6.07) is 15.0. The molecule has 0 saturated carbocycles. The third-order valence-corrected chi connectivity index (χ3v) is 5.53. The van der Waals surface area contributed by atoms with Gasteiger partial charge in [-0.05, 0) is 24.3 Å². The zero-order valence-corrected chi connectivity index (χ0v) is 16.8. The van der Waals surface area contributed by atoms with Crippen LogP contribution < -0.4 is 10.4 Å². The van der Waals surface area contributed by atoms with Crippen LogP contribution in [0.3, 0.4) is 0 Å². The summed E-state index contributed by atoms with van der Waals surface area (Å²) >= 11 is 1.47. The van der Waals surface area contributed by atoms with E-state index in [0.29, 0.717) is 11.2 Å². The van der Waals surface area contributed by atoms with Gasteiger partial charge in [-0.25, -0.2) is 9.78 Å². The lowest BCUT2D eigenvalue weighted by molar-refractivity contribution is -0.145. The molecule has 7 nitrogen and oxygen atoms in total. The first-order valence-electron chi connectivity index (χ1n) is 8.95. The van der Waals surface area contributed by atoms with E-state index in [1.165, 1.54) is 20.5 Å². The molecule has 0 aliphatic rings. The van der Waals surface area contributed by atoms with Crippen molar-refractivity contribution in [2.24, 2.45) is 7.05 Å². The Morgan fingerprint density at radius 2 is 1.93 bits per heavy atom. The van der Waals surface area contributed by atoms with Crippen LogP contribution in [0.5, 0.6) is 5.75 Å². The molecule has 0 spiro atoms. The molecular weight excluding hydrogens is 390 g/mol. The van der Waals surface area contributed by atoms with Crippen LogP contribution in [0, 0.1) is 0 Å². The number of fused-ring (bicyclic) bond motifs is 1. The van der Waals surface area contributed by atoms with Crippen molar-refractivity contribution < 1.29 is 14.3 Å². The SMILES string of the molecule is COc1cccc(-c2nc(COC(=O)Cn3c(=O)n(C)c4ccccc43)cs2)c1. The minimum atomic E-state index is -0.487. The minimum absolute atomic E-state index is 0.0544. The Hall–Kier alpha value is -3.39. The number of para-hydroxylation sites is 2. The Balaban J connectivity index is 1.44. The number of thiazole rings is 1. The third-order valence-electron chi connectivity index (χ3n) is 4.59. The number of imidazole rings is 1. The number of aromatic nitrogens is 3. The Labute approximate surface area is 170 Å². The highest BCUT2D eigenvalue weighted by molar-refractivity contribution is 7.13. The van der Waals surface area contributed by atoms with Crippen LogP contribution in [0.1, 0.15) is 5.69 Å². The molecule has 0 atom stereocenters. The van der Waals surface area contributed by atoms with Crippen molar-refractivity contribution in [3.63, 3.8) is 0 Å². The number of benzene rings is 2. The highest BCUT2D eigenvalue weighted by Crippen LogP contribution is 2.27. The molecule has 4 rings (SSSR count). The number of carbonyl (C=O) groups is 1. The first-order chi connectivity index (χ1) is 14.1. The van der Waals surface area contributed by atoms with E-state index in [-0.39, 0.29) is 18.8 Å². The molecular formula is C21H19N3O4S. The van der Waals surface area contributed by atoms with Gasteiger partial charge < -0.3 is 9.47 Å². The molecule has 0 N–H and O–H groups in total. The monoisotopic (exact) mass is 409 g/mol. The van der Waals surface area contributed by atoms with Crippen LogP contribution in [0.15, 0.2) is 58.7 Å². The standard InChI is InChI=1S/C21H19N3O4S/c1-23-17-8-3-4-9-18(17)24(21(23)26)11-19(25)28-12-15-13-29-20(22-15)14-6-5-7-16(10-14)27-2/h3-10,13H,11-12H2,1-2H3. The van der Waals surface area contributed by atoms with E-state index in [1.807, 2.05) is 53.9 Å². The van der Waals surface area contributed by atoms with Gasteiger partial charge >= 0.3 is 11.7 Å². The number of ether oxygens (including phenoxy) is 2. The third kappa shape index (κ3) is 3.79. The second-order valence-corrected chi connectivity index (χ2v) is 7.31. The molecule has 8 heteroatoms. The second kappa shape index (κ2) is 7.92. The van der Waals surface area contributed by atoms with Crippen molar-refractivity contribution in [1.82, 2.24) is 14.1 Å². The molecule has 0 unspecified atom stereocenters. The lowest BCUT2D eigenvalue weighted by atomic mass is 10.2. The first kappa shape index (κ1) is 18.9. The van der Waals surface area contributed by atoms with Crippen molar-refractivity contribution in [1.29, 1.82) is 0 Å². The summed E-state index contributed by atoms with van der Waals surface area (Å²) in [5.41, 5.74) is 2.82. The number of hydrogen-bond acceptors (Lipinski definition) is 6. The lowest BCUT2D eigenvalue weighted by Gasteiger charge is -2.04. The molecule has 2 aromatic heterocycles. The van der Waals surface area contributed by atoms with Crippen molar-refractivity contribution in [3.05, 3.63) is 70.1 Å². The second-order valence-electron chi connectivity index (χ2n) is 6.45. The first-order valence-corrected chi connectivity index (χ1v) is 9.83. The predicted molar refractivity (Wildman–Crippen MR) is 111 cm³/mol. The number of carbonyl (C=O) groups excluding carboxylic acids is 1. The number of rotatable bonds is 6. The predicted octanol–water partition coefficient (Wildman–Crippen LogP) is 3.22. The van der Waals surface area contributed by atoms with Crippen molar-refractivity contribution in [2.45, 2.75) is 13.2 Å². The van der Waals surface area contributed by atoms with Gasteiger partial charge in [-0.1, -0.05) is 24.3 Å². The molecule has 148 valence electrons. The van der Waals surface area contributed by atoms with Crippen LogP contribution in [-0.2, 0) is 29.7 Å². The fourth-order valence-corrected chi connectivity index (χ4v) is 3.91. The Morgan fingerprint density at radius 3 is 2.72 bits per heavy atom. The van der Waals surface area contributed by atoms with Gasteiger partial charge in [0.15, 0.2) is 0 Å². The molecule has 0 aliphatic heterocycles. The molecule has 0 saturated heterocycles. The average Bonchev–Trinajstić information content (AvgIpc) is 3.32. The van der Waals surface area contributed by atoms with E-state index in [4.69, 9.17) is 9.47 Å². The van der Waals surface area contributed by atoms with Gasteiger partial charge in [0.05, 0.1) is 23.8 Å². The quantitative estimate of drug-likeness (QED) is 0.457. The maximum Gasteiger partial charge on any atom is 0.329 e. The number of hydrogen-bond donors (Lipinski definition) is 0. The van der Waals surface area contributed by atoms with Crippen LogP contribution in [-0.4, -0.2) is 27.2 Å². The fraction of sp³-hybridized carbons (Fsp3) is 0.190. The van der Waals surface area contributed by atoms with E-state index in [9.17, 15) is 9.59 Å². The topological polar surface area (TPSA) is 75.3 Å². The van der Waals surface area contributed by atoms with Gasteiger partial charge in [0, 0.05) is 18.0 Å². The van der Waals surface area contributed by atoms with Gasteiger partial charge in [0.25, 0.3) is 0 Å². The summed E-state index contributed by atoms with van der Waals surface area (Å²) in [5.74, 6) is 0.269. The number of aryl methyl sites for hydroxylation is 1. The molecule has 0 bridgehead atoms. The molecule has 29 heavy (non-hydrogen) atoms. The Kier molecular flexibility index (Phi) is 5.18. The molecule has 0 amide bonds. The van der Waals surface area contributed by atoms with Crippen LogP contribution in [0.2, 0.25) is 0 Å². The Morgan fingerprint density at radius 1 is 1.14 bits per heavy atom. The molecule has 0 radical (unpaired) electrons. The van der Waals surface area contributed by atoms with E-state index in [1.54, 1.807) is 14.2 Å². The van der Waals surface area contributed by atoms with Gasteiger partial charge in [-0.15, -0.1) is 11.3 Å². The molecule has 0 aliphatic carbocycles. The van der Waals surface area contributed by atoms with Crippen molar-refractivity contribution >= 4 is 28.3 Å². The minimum Gasteiger partial charge on any atom is -0.497 e. The van der Waals surface area contributed by atoms with Gasteiger partial charge in [-0.3, -0.25) is 13.9 Å². The maximum atomic E-state index is 12.4. The van der Waals surface area contributed by atoms with Crippen LogP contribution in [0.25, 0.3) is 21.6 Å². The van der Waals surface area contributed by atoms with Crippen molar-refractivity contribution in [2.75, 3.05) is 7.11 Å². The fourth-order valence-electron chi connectivity index (χ4n) is 3.11. The van der Waals surface area contributed by atoms with Gasteiger partial charge in [0.2, 0.25) is 0 Å². The average molecular weight is 409 g/mol. The highest BCUT2D eigenvalue weighted by atomic mass is 32.1. The number of methoxy groups -OCH3 is 1. The van der Waals surface area contributed by atoms with Crippen molar-refractivity contribution in [3.8, 4) is 16.3 Å². The highest BCUT2D eigenvalue weighted by Gasteiger charge is 2.15. The molecule has 4 aromatic rings. The largest absolute Gasteiger partial charge is 0.497 e. The summed E-state index contributed by atoms with van der Waals surface area (Å²) in [6.45, 7) is -0.0914. The van der Waals surface area contributed by atoms with Crippen LogP contribution >= 0.6 is 11.3 Å². The summed E-state index contributed by atoms with van der Waals surface area (Å²) in [6.07, 6.45) is 0. The molecule has 0 fully saturated rings. The zero-order valence-electron chi connectivity index (χ0n) is 16.0. The van der Waals surface area contributed by atoms with E-state index < -0.39 is 5.97 Å². The summed E-state index contributed by atoms with van der Waals surface area (Å²) in [7, 11) is 3.30. The lowest BCUT2D eigenvalue weighted by Crippen LogP contribution is -2.26. The van der Waals surface area contributed by atoms with Crippen LogP contribution in [0.4, 0.5) is 0 Å². The zero-order chi connectivity index (χ0) is 20.4. The molecule has 2 aromatic carbocycles. The molecule has 2 heterocycles. The smallest absolute Gasteiger partial charge is 0.329 e.